The Morgan fingerprint density at radius 2 is 1.80 bits per heavy atom. The van der Waals surface area contributed by atoms with Gasteiger partial charge in [-0.2, -0.15) is 0 Å². The molecule has 1 saturated heterocycles. The van der Waals surface area contributed by atoms with E-state index in [4.69, 9.17) is 4.74 Å². The smallest absolute Gasteiger partial charge is 0.329 e. The van der Waals surface area contributed by atoms with Gasteiger partial charge >= 0.3 is 5.97 Å². The van der Waals surface area contributed by atoms with E-state index in [2.05, 4.69) is 5.32 Å². The monoisotopic (exact) mass is 215 g/mol. The highest BCUT2D eigenvalue weighted by Crippen LogP contribution is 2.29. The van der Waals surface area contributed by atoms with Gasteiger partial charge in [0.05, 0.1) is 12.2 Å². The van der Waals surface area contributed by atoms with E-state index in [1.165, 1.54) is 6.92 Å². The molecule has 2 atom stereocenters. The van der Waals surface area contributed by atoms with Crippen molar-refractivity contribution in [3.8, 4) is 0 Å². The summed E-state index contributed by atoms with van der Waals surface area (Å²) in [6.07, 6.45) is 0.312. The molecule has 2 unspecified atom stereocenters. The molecule has 1 rings (SSSR count). The van der Waals surface area contributed by atoms with Gasteiger partial charge in [0, 0.05) is 19.8 Å². The largest absolute Gasteiger partial charge is 0.480 e. The summed E-state index contributed by atoms with van der Waals surface area (Å²) in [6, 6.07) is 0. The molecule has 1 heterocycles. The van der Waals surface area contributed by atoms with Crippen LogP contribution in [0.1, 0.15) is 33.6 Å². The number of carbonyl (C=O) groups excluding carboxylic acids is 1. The van der Waals surface area contributed by atoms with Gasteiger partial charge in [0.15, 0.2) is 0 Å². The second-order valence-corrected chi connectivity index (χ2v) is 4.23. The number of amides is 1. The number of rotatable bonds is 2. The zero-order valence-corrected chi connectivity index (χ0v) is 9.24. The Kier molecular flexibility index (Phi) is 3.34. The lowest BCUT2D eigenvalue weighted by atomic mass is 9.84. The van der Waals surface area contributed by atoms with Crippen LogP contribution >= 0.6 is 0 Å². The van der Waals surface area contributed by atoms with Gasteiger partial charge in [-0.15, -0.1) is 0 Å². The first-order valence-electron chi connectivity index (χ1n) is 5.03. The van der Waals surface area contributed by atoms with Crippen molar-refractivity contribution in [2.75, 3.05) is 0 Å². The Bertz CT molecular complexity index is 267. The number of carboxylic acids is 1. The van der Waals surface area contributed by atoms with Crippen LogP contribution in [0.15, 0.2) is 0 Å². The Balaban J connectivity index is 2.89. The zero-order chi connectivity index (χ0) is 11.6. The summed E-state index contributed by atoms with van der Waals surface area (Å²) in [7, 11) is 0. The first kappa shape index (κ1) is 12.0. The third-order valence-electron chi connectivity index (χ3n) is 2.56. The molecule has 0 saturated carbocycles. The van der Waals surface area contributed by atoms with Gasteiger partial charge in [-0.3, -0.25) is 4.79 Å². The lowest BCUT2D eigenvalue weighted by molar-refractivity contribution is -0.158. The van der Waals surface area contributed by atoms with Gasteiger partial charge in [0.2, 0.25) is 5.91 Å². The lowest BCUT2D eigenvalue weighted by Gasteiger charge is -2.40. The molecule has 86 valence electrons. The molecule has 5 nitrogen and oxygen atoms in total. The molecule has 1 amide bonds. The van der Waals surface area contributed by atoms with Gasteiger partial charge in [-0.25, -0.2) is 4.79 Å². The van der Waals surface area contributed by atoms with Crippen molar-refractivity contribution in [3.63, 3.8) is 0 Å². The average molecular weight is 215 g/mol. The van der Waals surface area contributed by atoms with Crippen molar-refractivity contribution in [3.05, 3.63) is 0 Å². The number of carbonyl (C=O) groups is 2. The minimum atomic E-state index is -1.16. The first-order valence-corrected chi connectivity index (χ1v) is 5.03. The summed E-state index contributed by atoms with van der Waals surface area (Å²) in [5.74, 6) is -1.31. The molecule has 0 spiro atoms. The Hall–Kier alpha value is -1.10. The molecule has 0 aromatic rings. The Labute approximate surface area is 88.8 Å². The molecular weight excluding hydrogens is 198 g/mol. The maximum atomic E-state index is 11.2. The molecule has 2 N–H and O–H groups in total. The van der Waals surface area contributed by atoms with E-state index in [-0.39, 0.29) is 18.1 Å². The molecule has 1 aliphatic rings. The van der Waals surface area contributed by atoms with Crippen molar-refractivity contribution in [1.29, 1.82) is 0 Å². The van der Waals surface area contributed by atoms with Crippen molar-refractivity contribution in [2.45, 2.75) is 51.4 Å². The van der Waals surface area contributed by atoms with Crippen LogP contribution in [0.3, 0.4) is 0 Å². The van der Waals surface area contributed by atoms with Crippen LogP contribution in [0.5, 0.6) is 0 Å². The number of nitrogens with one attached hydrogen (secondary N) is 1. The molecule has 0 aliphatic carbocycles. The molecule has 0 aromatic carbocycles. The van der Waals surface area contributed by atoms with Crippen LogP contribution in [0.4, 0.5) is 0 Å². The lowest BCUT2D eigenvalue weighted by Crippen LogP contribution is -2.59. The summed E-state index contributed by atoms with van der Waals surface area (Å²) in [5.41, 5.74) is -1.16. The number of aliphatic carboxylic acids is 1. The van der Waals surface area contributed by atoms with E-state index in [1.807, 2.05) is 13.8 Å². The van der Waals surface area contributed by atoms with Gasteiger partial charge in [0.1, 0.15) is 5.54 Å². The van der Waals surface area contributed by atoms with Gasteiger partial charge < -0.3 is 15.2 Å². The molecule has 0 bridgehead atoms. The summed E-state index contributed by atoms with van der Waals surface area (Å²) in [4.78, 5) is 22.3. The maximum Gasteiger partial charge on any atom is 0.329 e. The second-order valence-electron chi connectivity index (χ2n) is 4.23. The molecular formula is C10H17NO4. The van der Waals surface area contributed by atoms with Crippen LogP contribution < -0.4 is 5.32 Å². The predicted molar refractivity (Wildman–Crippen MR) is 53.4 cm³/mol. The van der Waals surface area contributed by atoms with Crippen LogP contribution in [-0.4, -0.2) is 34.7 Å². The number of hydrogen-bond donors (Lipinski definition) is 2. The normalized spacial score (nSPS) is 35.9. The minimum absolute atomic E-state index is 0.156. The highest BCUT2D eigenvalue weighted by molar-refractivity contribution is 5.86. The first-order chi connectivity index (χ1) is 6.85. The summed E-state index contributed by atoms with van der Waals surface area (Å²) in [6.45, 7) is 4.96. The fraction of sp³-hybridized carbons (Fsp3) is 0.800. The molecule has 1 aliphatic heterocycles. The van der Waals surface area contributed by atoms with Crippen LogP contribution in [0, 0.1) is 0 Å². The highest BCUT2D eigenvalue weighted by Gasteiger charge is 2.45. The van der Waals surface area contributed by atoms with Crippen molar-refractivity contribution >= 4 is 11.9 Å². The van der Waals surface area contributed by atoms with Crippen LogP contribution in [-0.2, 0) is 14.3 Å². The maximum absolute atomic E-state index is 11.2. The number of carboxylic acid groups (broad SMARTS) is 1. The number of hydrogen-bond acceptors (Lipinski definition) is 3. The Morgan fingerprint density at radius 1 is 1.33 bits per heavy atom. The quantitative estimate of drug-likeness (QED) is 0.704. The van der Waals surface area contributed by atoms with Crippen LogP contribution in [0.25, 0.3) is 0 Å². The summed E-state index contributed by atoms with van der Waals surface area (Å²) < 4.78 is 5.46. The topological polar surface area (TPSA) is 75.6 Å². The molecule has 0 radical (unpaired) electrons. The SMILES string of the molecule is CC(=O)NC1(C(=O)O)CC(C)OC(C)C1. The van der Waals surface area contributed by atoms with E-state index < -0.39 is 11.5 Å². The van der Waals surface area contributed by atoms with E-state index in [0.29, 0.717) is 12.8 Å². The Morgan fingerprint density at radius 3 is 2.13 bits per heavy atom. The van der Waals surface area contributed by atoms with E-state index in [9.17, 15) is 14.7 Å². The highest BCUT2D eigenvalue weighted by atomic mass is 16.5. The molecule has 15 heavy (non-hydrogen) atoms. The molecule has 5 heteroatoms. The van der Waals surface area contributed by atoms with Crippen molar-refractivity contribution in [2.24, 2.45) is 0 Å². The van der Waals surface area contributed by atoms with Gasteiger partial charge in [-0.05, 0) is 13.8 Å². The standard InChI is InChI=1S/C10H17NO4/c1-6-4-10(9(13)14,11-8(3)12)5-7(2)15-6/h6-7H,4-5H2,1-3H3,(H,11,12)(H,13,14). The summed E-state index contributed by atoms with van der Waals surface area (Å²) >= 11 is 0. The number of ether oxygens (including phenoxy) is 1. The second kappa shape index (κ2) is 4.18. The fourth-order valence-corrected chi connectivity index (χ4v) is 2.22. The molecule has 0 aromatic heterocycles. The fourth-order valence-electron chi connectivity index (χ4n) is 2.22. The zero-order valence-electron chi connectivity index (χ0n) is 9.24. The van der Waals surface area contributed by atoms with E-state index in [1.54, 1.807) is 0 Å². The van der Waals surface area contributed by atoms with Gasteiger partial charge in [0.25, 0.3) is 0 Å². The van der Waals surface area contributed by atoms with Crippen molar-refractivity contribution in [1.82, 2.24) is 5.32 Å². The summed E-state index contributed by atoms with van der Waals surface area (Å²) in [5, 5.41) is 11.7. The molecule has 1 fully saturated rings. The van der Waals surface area contributed by atoms with E-state index in [0.717, 1.165) is 0 Å². The van der Waals surface area contributed by atoms with Crippen molar-refractivity contribution < 1.29 is 19.4 Å². The average Bonchev–Trinajstić information content (AvgIpc) is 1.99. The predicted octanol–water partition coefficient (Wildman–Crippen LogP) is 0.533. The van der Waals surface area contributed by atoms with Gasteiger partial charge in [-0.1, -0.05) is 0 Å². The van der Waals surface area contributed by atoms with E-state index >= 15 is 0 Å². The third-order valence-corrected chi connectivity index (χ3v) is 2.56. The van der Waals surface area contributed by atoms with Crippen LogP contribution in [0.2, 0.25) is 0 Å². The minimum Gasteiger partial charge on any atom is -0.480 e. The third kappa shape index (κ3) is 2.68.